The van der Waals surface area contributed by atoms with Gasteiger partial charge in [0.1, 0.15) is 0 Å². The third-order valence-corrected chi connectivity index (χ3v) is 7.80. The SMILES string of the molecule is C=C[C@]1(C)CCC2[C@@]3(C)CC[C@H](O)C(C)(C)C3CC[C@@]2(C)O1. The molecule has 0 radical (unpaired) electrons. The molecule has 0 aromatic heterocycles. The highest BCUT2D eigenvalue weighted by Crippen LogP contribution is 2.65. The van der Waals surface area contributed by atoms with Crippen molar-refractivity contribution in [1.29, 1.82) is 0 Å². The number of ether oxygens (including phenoxy) is 1. The Balaban J connectivity index is 1.95. The van der Waals surface area contributed by atoms with E-state index in [-0.39, 0.29) is 28.1 Å². The van der Waals surface area contributed by atoms with Gasteiger partial charge in [-0.2, -0.15) is 0 Å². The molecule has 6 atom stereocenters. The van der Waals surface area contributed by atoms with Crippen molar-refractivity contribution >= 4 is 0 Å². The molecule has 0 spiro atoms. The average molecular weight is 306 g/mol. The Hall–Kier alpha value is -0.340. The van der Waals surface area contributed by atoms with E-state index in [0.29, 0.717) is 11.8 Å². The fourth-order valence-corrected chi connectivity index (χ4v) is 6.41. The maximum absolute atomic E-state index is 10.5. The summed E-state index contributed by atoms with van der Waals surface area (Å²) < 4.78 is 6.64. The molecular formula is C20H34O2. The van der Waals surface area contributed by atoms with Gasteiger partial charge in [0.15, 0.2) is 0 Å². The fraction of sp³-hybridized carbons (Fsp3) is 0.900. The minimum atomic E-state index is -0.169. The third kappa shape index (κ3) is 2.13. The lowest BCUT2D eigenvalue weighted by Gasteiger charge is -2.65. The second kappa shape index (κ2) is 4.83. The Kier molecular flexibility index (Phi) is 3.63. The monoisotopic (exact) mass is 306 g/mol. The highest BCUT2D eigenvalue weighted by molar-refractivity contribution is 5.13. The van der Waals surface area contributed by atoms with Crippen LogP contribution >= 0.6 is 0 Å². The quantitative estimate of drug-likeness (QED) is 0.711. The molecule has 1 N–H and O–H groups in total. The van der Waals surface area contributed by atoms with Crippen LogP contribution in [0, 0.1) is 22.7 Å². The highest BCUT2D eigenvalue weighted by atomic mass is 16.5. The molecular weight excluding hydrogens is 272 g/mol. The van der Waals surface area contributed by atoms with Crippen LogP contribution < -0.4 is 0 Å². The third-order valence-electron chi connectivity index (χ3n) is 7.80. The fourth-order valence-electron chi connectivity index (χ4n) is 6.41. The van der Waals surface area contributed by atoms with Gasteiger partial charge in [0.2, 0.25) is 0 Å². The molecule has 0 amide bonds. The number of hydrogen-bond donors (Lipinski definition) is 1. The molecule has 3 aliphatic rings. The topological polar surface area (TPSA) is 29.5 Å². The van der Waals surface area contributed by atoms with Crippen LogP contribution in [0.1, 0.15) is 73.1 Å². The highest BCUT2D eigenvalue weighted by Gasteiger charge is 2.62. The summed E-state index contributed by atoms with van der Waals surface area (Å²) in [6, 6.07) is 0. The summed E-state index contributed by atoms with van der Waals surface area (Å²) in [7, 11) is 0. The molecule has 126 valence electrons. The minimum Gasteiger partial charge on any atom is -0.393 e. The average Bonchev–Trinajstić information content (AvgIpc) is 2.42. The Morgan fingerprint density at radius 3 is 2.23 bits per heavy atom. The Morgan fingerprint density at radius 2 is 1.59 bits per heavy atom. The lowest BCUT2D eigenvalue weighted by Crippen LogP contribution is -2.64. The molecule has 0 aromatic rings. The van der Waals surface area contributed by atoms with Gasteiger partial charge in [-0.1, -0.05) is 26.8 Å². The van der Waals surface area contributed by atoms with Crippen LogP contribution in [0.5, 0.6) is 0 Å². The molecule has 1 heterocycles. The number of fused-ring (bicyclic) bond motifs is 3. The summed E-state index contributed by atoms with van der Waals surface area (Å²) in [5, 5.41) is 10.5. The first-order valence-corrected chi connectivity index (χ1v) is 9.09. The number of aliphatic hydroxyl groups is 1. The van der Waals surface area contributed by atoms with Gasteiger partial charge in [-0.25, -0.2) is 0 Å². The van der Waals surface area contributed by atoms with E-state index in [1.165, 1.54) is 12.8 Å². The van der Waals surface area contributed by atoms with Gasteiger partial charge in [-0.05, 0) is 75.0 Å². The summed E-state index contributed by atoms with van der Waals surface area (Å²) in [6.07, 6.45) is 8.48. The zero-order valence-electron chi connectivity index (χ0n) is 15.1. The molecule has 3 fully saturated rings. The Bertz CT molecular complexity index is 470. The van der Waals surface area contributed by atoms with Gasteiger partial charge in [0.05, 0.1) is 17.3 Å². The summed E-state index contributed by atoms with van der Waals surface area (Å²) in [6.45, 7) is 15.5. The van der Waals surface area contributed by atoms with Crippen LogP contribution in [0.3, 0.4) is 0 Å². The van der Waals surface area contributed by atoms with Crippen molar-refractivity contribution in [2.45, 2.75) is 90.4 Å². The predicted molar refractivity (Wildman–Crippen MR) is 90.7 cm³/mol. The van der Waals surface area contributed by atoms with Crippen molar-refractivity contribution in [2.24, 2.45) is 22.7 Å². The van der Waals surface area contributed by atoms with E-state index in [1.54, 1.807) is 0 Å². The second-order valence-electron chi connectivity index (χ2n) is 9.50. The number of rotatable bonds is 1. The van der Waals surface area contributed by atoms with Crippen molar-refractivity contribution in [3.63, 3.8) is 0 Å². The minimum absolute atomic E-state index is 0.0213. The predicted octanol–water partition coefficient (Wildman–Crippen LogP) is 4.71. The molecule has 0 bridgehead atoms. The summed E-state index contributed by atoms with van der Waals surface area (Å²) in [5.74, 6) is 1.19. The lowest BCUT2D eigenvalue weighted by atomic mass is 9.44. The van der Waals surface area contributed by atoms with E-state index in [1.807, 2.05) is 6.08 Å². The second-order valence-corrected chi connectivity index (χ2v) is 9.50. The van der Waals surface area contributed by atoms with Gasteiger partial charge in [-0.3, -0.25) is 0 Å². The van der Waals surface area contributed by atoms with Crippen LogP contribution in [-0.2, 0) is 4.74 Å². The van der Waals surface area contributed by atoms with E-state index >= 15 is 0 Å². The van der Waals surface area contributed by atoms with Crippen LogP contribution in [-0.4, -0.2) is 22.4 Å². The van der Waals surface area contributed by atoms with Gasteiger partial charge < -0.3 is 9.84 Å². The van der Waals surface area contributed by atoms with Crippen molar-refractivity contribution < 1.29 is 9.84 Å². The van der Waals surface area contributed by atoms with Crippen molar-refractivity contribution in [3.8, 4) is 0 Å². The first-order chi connectivity index (χ1) is 10.1. The van der Waals surface area contributed by atoms with Gasteiger partial charge in [0.25, 0.3) is 0 Å². The van der Waals surface area contributed by atoms with Crippen LogP contribution in [0.25, 0.3) is 0 Å². The normalized spacial score (nSPS) is 54.2. The summed E-state index contributed by atoms with van der Waals surface area (Å²) >= 11 is 0. The molecule has 3 rings (SSSR count). The smallest absolute Gasteiger partial charge is 0.0839 e. The van der Waals surface area contributed by atoms with Gasteiger partial charge in [-0.15, -0.1) is 6.58 Å². The van der Waals surface area contributed by atoms with Crippen LogP contribution in [0.2, 0.25) is 0 Å². The molecule has 2 unspecified atom stereocenters. The first-order valence-electron chi connectivity index (χ1n) is 9.09. The first kappa shape index (κ1) is 16.5. The van der Waals surface area contributed by atoms with Crippen LogP contribution in [0.15, 0.2) is 12.7 Å². The molecule has 2 aliphatic carbocycles. The molecule has 0 aromatic carbocycles. The summed E-state index contributed by atoms with van der Waals surface area (Å²) in [5.41, 5.74) is 0.106. The molecule has 1 aliphatic heterocycles. The zero-order chi connectivity index (χ0) is 16.4. The Labute approximate surface area is 136 Å². The Morgan fingerprint density at radius 1 is 0.955 bits per heavy atom. The zero-order valence-corrected chi connectivity index (χ0v) is 15.1. The van der Waals surface area contributed by atoms with E-state index in [9.17, 15) is 5.11 Å². The van der Waals surface area contributed by atoms with Crippen molar-refractivity contribution in [3.05, 3.63) is 12.7 Å². The number of aliphatic hydroxyl groups excluding tert-OH is 1. The molecule has 22 heavy (non-hydrogen) atoms. The molecule has 2 nitrogen and oxygen atoms in total. The number of hydrogen-bond acceptors (Lipinski definition) is 2. The molecule has 2 heteroatoms. The molecule has 2 saturated carbocycles. The van der Waals surface area contributed by atoms with Crippen molar-refractivity contribution in [1.82, 2.24) is 0 Å². The molecule has 1 saturated heterocycles. The van der Waals surface area contributed by atoms with E-state index < -0.39 is 0 Å². The van der Waals surface area contributed by atoms with Crippen molar-refractivity contribution in [2.75, 3.05) is 0 Å². The lowest BCUT2D eigenvalue weighted by molar-refractivity contribution is -0.262. The van der Waals surface area contributed by atoms with E-state index in [4.69, 9.17) is 4.74 Å². The van der Waals surface area contributed by atoms with E-state index in [2.05, 4.69) is 41.2 Å². The van der Waals surface area contributed by atoms with Gasteiger partial charge in [0, 0.05) is 0 Å². The van der Waals surface area contributed by atoms with Gasteiger partial charge >= 0.3 is 0 Å². The van der Waals surface area contributed by atoms with E-state index in [0.717, 1.165) is 25.7 Å². The van der Waals surface area contributed by atoms with Crippen LogP contribution in [0.4, 0.5) is 0 Å². The largest absolute Gasteiger partial charge is 0.393 e. The maximum Gasteiger partial charge on any atom is 0.0839 e. The standard InChI is InChI=1S/C20H34O2/c1-7-18(4)11-8-15-19(5)12-10-16(21)17(2,3)14(19)9-13-20(15,6)22-18/h7,14-16,21H,1,8-13H2,2-6H3/t14?,15?,16-,18+,19-,20+/m0/s1. The summed E-state index contributed by atoms with van der Waals surface area (Å²) in [4.78, 5) is 0. The maximum atomic E-state index is 10.5.